The minimum Gasteiger partial charge on any atom is -0.465 e. The zero-order chi connectivity index (χ0) is 10.0. The van der Waals surface area contributed by atoms with Gasteiger partial charge in [-0.3, -0.25) is 4.79 Å². The van der Waals surface area contributed by atoms with E-state index >= 15 is 0 Å². The molecule has 0 spiro atoms. The number of hydrogen-bond acceptors (Lipinski definition) is 2. The third-order valence-electron chi connectivity index (χ3n) is 4.06. The lowest BCUT2D eigenvalue weighted by Crippen LogP contribution is -2.38. The number of esters is 1. The fourth-order valence-corrected chi connectivity index (χ4v) is 3.13. The molecule has 0 amide bonds. The maximum Gasteiger partial charge on any atom is 0.306 e. The Balaban J connectivity index is 2.03. The largest absolute Gasteiger partial charge is 0.465 e. The van der Waals surface area contributed by atoms with E-state index in [1.807, 2.05) is 0 Å². The van der Waals surface area contributed by atoms with Crippen molar-refractivity contribution in [3.63, 3.8) is 0 Å². The lowest BCUT2D eigenvalue weighted by atomic mass is 9.72. The van der Waals surface area contributed by atoms with Crippen molar-refractivity contribution in [3.8, 4) is 0 Å². The van der Waals surface area contributed by atoms with Crippen LogP contribution >= 0.6 is 0 Å². The van der Waals surface area contributed by atoms with Crippen LogP contribution in [0.3, 0.4) is 0 Å². The molecule has 2 atom stereocenters. The van der Waals surface area contributed by atoms with Gasteiger partial charge in [-0.25, -0.2) is 0 Å². The van der Waals surface area contributed by atoms with Crippen LogP contribution in [0, 0.1) is 11.3 Å². The molecule has 80 valence electrons. The highest BCUT2D eigenvalue weighted by atomic mass is 16.5. The quantitative estimate of drug-likeness (QED) is 0.649. The predicted molar refractivity (Wildman–Crippen MR) is 54.9 cm³/mol. The van der Waals surface area contributed by atoms with Gasteiger partial charge in [-0.2, -0.15) is 0 Å². The maximum absolute atomic E-state index is 11.2. The van der Waals surface area contributed by atoms with Gasteiger partial charge in [0.2, 0.25) is 0 Å². The van der Waals surface area contributed by atoms with E-state index in [2.05, 4.69) is 6.92 Å². The van der Waals surface area contributed by atoms with E-state index < -0.39 is 0 Å². The Labute approximate surface area is 86.0 Å². The summed E-state index contributed by atoms with van der Waals surface area (Å²) in [5, 5.41) is 0. The summed E-state index contributed by atoms with van der Waals surface area (Å²) in [6.07, 6.45) is 8.32. The van der Waals surface area contributed by atoms with Crippen molar-refractivity contribution in [2.45, 2.75) is 51.9 Å². The van der Waals surface area contributed by atoms with Crippen LogP contribution in [0.25, 0.3) is 0 Å². The minimum atomic E-state index is 0.0315. The highest BCUT2D eigenvalue weighted by molar-refractivity contribution is 5.70. The van der Waals surface area contributed by atoms with Gasteiger partial charge in [0.15, 0.2) is 0 Å². The van der Waals surface area contributed by atoms with E-state index in [4.69, 9.17) is 4.74 Å². The van der Waals surface area contributed by atoms with Crippen LogP contribution < -0.4 is 0 Å². The first-order valence-corrected chi connectivity index (χ1v) is 5.92. The van der Waals surface area contributed by atoms with Crippen LogP contribution in [0.2, 0.25) is 0 Å². The van der Waals surface area contributed by atoms with Crippen molar-refractivity contribution >= 4 is 5.97 Å². The number of ether oxygens (including phenoxy) is 1. The molecule has 0 bridgehead atoms. The molecule has 0 unspecified atom stereocenters. The fraction of sp³-hybridized carbons (Fsp3) is 0.917. The van der Waals surface area contributed by atoms with Gasteiger partial charge in [0.05, 0.1) is 6.61 Å². The average molecular weight is 196 g/mol. The van der Waals surface area contributed by atoms with Crippen LogP contribution in [-0.2, 0) is 9.53 Å². The fourth-order valence-electron chi connectivity index (χ4n) is 3.13. The topological polar surface area (TPSA) is 26.3 Å². The molecular weight excluding hydrogens is 176 g/mol. The van der Waals surface area contributed by atoms with Gasteiger partial charge in [0.25, 0.3) is 0 Å². The molecule has 2 heteroatoms. The Morgan fingerprint density at radius 1 is 1.57 bits per heavy atom. The van der Waals surface area contributed by atoms with E-state index in [1.54, 1.807) is 0 Å². The molecule has 2 nitrogen and oxygen atoms in total. The van der Waals surface area contributed by atoms with Gasteiger partial charge < -0.3 is 4.74 Å². The van der Waals surface area contributed by atoms with Crippen molar-refractivity contribution in [2.24, 2.45) is 11.3 Å². The van der Waals surface area contributed by atoms with E-state index in [0.717, 1.165) is 0 Å². The van der Waals surface area contributed by atoms with Crippen LogP contribution in [0.4, 0.5) is 0 Å². The molecule has 1 aliphatic heterocycles. The number of cyclic esters (lactones) is 1. The van der Waals surface area contributed by atoms with Crippen molar-refractivity contribution < 1.29 is 9.53 Å². The molecule has 14 heavy (non-hydrogen) atoms. The average Bonchev–Trinajstić information content (AvgIpc) is 2.58. The number of hydrogen-bond donors (Lipinski definition) is 0. The number of unbranched alkanes of at least 4 members (excludes halogenated alkanes) is 1. The highest BCUT2D eigenvalue weighted by Crippen LogP contribution is 2.50. The van der Waals surface area contributed by atoms with Crippen molar-refractivity contribution in [1.82, 2.24) is 0 Å². The monoisotopic (exact) mass is 196 g/mol. The van der Waals surface area contributed by atoms with Crippen molar-refractivity contribution in [3.05, 3.63) is 0 Å². The Kier molecular flexibility index (Phi) is 2.80. The lowest BCUT2D eigenvalue weighted by Gasteiger charge is -2.38. The van der Waals surface area contributed by atoms with Gasteiger partial charge in [0, 0.05) is 11.8 Å². The normalized spacial score (nSPS) is 36.6. The van der Waals surface area contributed by atoms with Gasteiger partial charge in [-0.05, 0) is 25.2 Å². The third-order valence-corrected chi connectivity index (χ3v) is 4.06. The first-order valence-electron chi connectivity index (χ1n) is 5.92. The number of carbonyl (C=O) groups excluding carboxylic acids is 1. The van der Waals surface area contributed by atoms with Gasteiger partial charge >= 0.3 is 5.97 Å². The molecule has 1 aliphatic carbocycles. The smallest absolute Gasteiger partial charge is 0.306 e. The second kappa shape index (κ2) is 3.92. The Bertz CT molecular complexity index is 224. The summed E-state index contributed by atoms with van der Waals surface area (Å²) in [6, 6.07) is 0. The number of carbonyl (C=O) groups is 1. The molecule has 0 radical (unpaired) electrons. The second-order valence-electron chi connectivity index (χ2n) is 4.92. The molecule has 1 saturated carbocycles. The van der Waals surface area contributed by atoms with Crippen molar-refractivity contribution in [2.75, 3.05) is 6.61 Å². The molecule has 1 heterocycles. The SMILES string of the molecule is CCCC[C@@]12CCC[C@@H]1CC(=O)OC2. The number of fused-ring (bicyclic) bond motifs is 1. The summed E-state index contributed by atoms with van der Waals surface area (Å²) >= 11 is 0. The summed E-state index contributed by atoms with van der Waals surface area (Å²) < 4.78 is 5.25. The molecule has 2 fully saturated rings. The Morgan fingerprint density at radius 3 is 3.21 bits per heavy atom. The molecule has 0 aromatic carbocycles. The summed E-state index contributed by atoms with van der Waals surface area (Å²) in [5.41, 5.74) is 0.379. The Hall–Kier alpha value is -0.530. The number of rotatable bonds is 3. The molecule has 0 N–H and O–H groups in total. The summed E-state index contributed by atoms with van der Waals surface area (Å²) in [7, 11) is 0. The first kappa shape index (κ1) is 10.0. The summed E-state index contributed by atoms with van der Waals surface area (Å²) in [5.74, 6) is 0.666. The molecule has 2 rings (SSSR count). The predicted octanol–water partition coefficient (Wildman–Crippen LogP) is 2.91. The van der Waals surface area contributed by atoms with Crippen LogP contribution in [0.1, 0.15) is 51.9 Å². The van der Waals surface area contributed by atoms with Gasteiger partial charge in [0.1, 0.15) is 0 Å². The van der Waals surface area contributed by atoms with Crippen molar-refractivity contribution in [1.29, 1.82) is 0 Å². The van der Waals surface area contributed by atoms with Crippen LogP contribution in [0.5, 0.6) is 0 Å². The maximum atomic E-state index is 11.2. The summed E-state index contributed by atoms with van der Waals surface area (Å²) in [6.45, 7) is 2.94. The second-order valence-corrected chi connectivity index (χ2v) is 4.92. The Morgan fingerprint density at radius 2 is 2.43 bits per heavy atom. The summed E-state index contributed by atoms with van der Waals surface area (Å²) in [4.78, 5) is 11.2. The van der Waals surface area contributed by atoms with E-state index in [1.165, 1.54) is 38.5 Å². The lowest BCUT2D eigenvalue weighted by molar-refractivity contribution is -0.158. The van der Waals surface area contributed by atoms with Crippen LogP contribution in [0.15, 0.2) is 0 Å². The van der Waals surface area contributed by atoms with E-state index in [-0.39, 0.29) is 5.97 Å². The zero-order valence-electron chi connectivity index (χ0n) is 9.05. The van der Waals surface area contributed by atoms with E-state index in [0.29, 0.717) is 24.4 Å². The molecule has 0 aromatic heterocycles. The molecular formula is C12H20O2. The van der Waals surface area contributed by atoms with Gasteiger partial charge in [-0.1, -0.05) is 26.2 Å². The van der Waals surface area contributed by atoms with Gasteiger partial charge in [-0.15, -0.1) is 0 Å². The zero-order valence-corrected chi connectivity index (χ0v) is 9.05. The first-order chi connectivity index (χ1) is 6.77. The molecule has 2 aliphatic rings. The standard InChI is InChI=1S/C12H20O2/c1-2-3-6-12-7-4-5-10(12)8-11(13)14-9-12/h10H,2-9H2,1H3/t10-,12+/m1/s1. The van der Waals surface area contributed by atoms with E-state index in [9.17, 15) is 4.79 Å². The minimum absolute atomic E-state index is 0.0315. The molecule has 0 aromatic rings. The molecule has 1 saturated heterocycles. The highest BCUT2D eigenvalue weighted by Gasteiger charge is 2.46. The third kappa shape index (κ3) is 1.67. The van der Waals surface area contributed by atoms with Crippen LogP contribution in [-0.4, -0.2) is 12.6 Å².